The Kier molecular flexibility index (Phi) is 6.23. The zero-order valence-electron chi connectivity index (χ0n) is 16.5. The molecule has 2 aromatic carbocycles. The fraction of sp³-hybridized carbons (Fsp3) is 0.200. The summed E-state index contributed by atoms with van der Waals surface area (Å²) in [5.74, 6) is -0.874. The lowest BCUT2D eigenvalue weighted by Crippen LogP contribution is -2.22. The maximum Gasteiger partial charge on any atom is 0.418 e. The minimum atomic E-state index is -4.61. The van der Waals surface area contributed by atoms with Gasteiger partial charge < -0.3 is 15.4 Å². The number of alkyl halides is 3. The van der Waals surface area contributed by atoms with Gasteiger partial charge in [0.25, 0.3) is 5.91 Å². The van der Waals surface area contributed by atoms with Crippen molar-refractivity contribution in [1.82, 2.24) is 15.0 Å². The highest BCUT2D eigenvalue weighted by atomic mass is 19.4. The number of halogens is 3. The van der Waals surface area contributed by atoms with Gasteiger partial charge in [-0.15, -0.1) is 5.10 Å². The Balaban J connectivity index is 1.72. The van der Waals surface area contributed by atoms with Crippen LogP contribution in [-0.4, -0.2) is 33.9 Å². The zero-order valence-corrected chi connectivity index (χ0v) is 16.5. The third kappa shape index (κ3) is 5.00. The lowest BCUT2D eigenvalue weighted by Gasteiger charge is -2.13. The molecule has 0 unspecified atom stereocenters. The van der Waals surface area contributed by atoms with Crippen molar-refractivity contribution in [2.24, 2.45) is 0 Å². The highest BCUT2D eigenvalue weighted by Gasteiger charge is 2.33. The molecule has 0 fully saturated rings. The maximum atomic E-state index is 13.1. The Hall–Kier alpha value is -3.89. The van der Waals surface area contributed by atoms with Gasteiger partial charge in [0.2, 0.25) is 5.91 Å². The number of hydrogen-bond acceptors (Lipinski definition) is 5. The number of carbonyl (C=O) groups is 2. The second kappa shape index (κ2) is 8.86. The summed E-state index contributed by atoms with van der Waals surface area (Å²) < 4.78 is 45.5. The fourth-order valence-corrected chi connectivity index (χ4v) is 2.81. The highest BCUT2D eigenvalue weighted by molar-refractivity contribution is 6.04. The molecule has 0 aliphatic heterocycles. The van der Waals surface area contributed by atoms with Crippen LogP contribution in [0.2, 0.25) is 0 Å². The number of aromatic nitrogens is 3. The summed E-state index contributed by atoms with van der Waals surface area (Å²) in [6.45, 7) is 1.10. The van der Waals surface area contributed by atoms with Crippen molar-refractivity contribution >= 4 is 23.2 Å². The number of benzene rings is 2. The minimum Gasteiger partial charge on any atom is -0.495 e. The lowest BCUT2D eigenvalue weighted by atomic mass is 10.1. The summed E-state index contributed by atoms with van der Waals surface area (Å²) in [7, 11) is 1.46. The normalized spacial score (nSPS) is 11.1. The van der Waals surface area contributed by atoms with Gasteiger partial charge >= 0.3 is 6.18 Å². The molecule has 1 heterocycles. The third-order valence-electron chi connectivity index (χ3n) is 4.35. The van der Waals surface area contributed by atoms with Crippen molar-refractivity contribution in [1.29, 1.82) is 0 Å². The molecule has 3 aromatic rings. The van der Waals surface area contributed by atoms with E-state index in [1.54, 1.807) is 24.3 Å². The van der Waals surface area contributed by atoms with E-state index < -0.39 is 30.1 Å². The van der Waals surface area contributed by atoms with E-state index in [2.05, 4.69) is 20.9 Å². The van der Waals surface area contributed by atoms with Crippen LogP contribution in [-0.2, 0) is 17.5 Å². The number of anilines is 2. The first-order valence-corrected chi connectivity index (χ1v) is 9.01. The van der Waals surface area contributed by atoms with Crippen LogP contribution >= 0.6 is 0 Å². The van der Waals surface area contributed by atoms with Crippen molar-refractivity contribution in [3.05, 3.63) is 65.5 Å². The Morgan fingerprint density at radius 3 is 2.35 bits per heavy atom. The first-order valence-electron chi connectivity index (χ1n) is 9.01. The van der Waals surface area contributed by atoms with E-state index in [4.69, 9.17) is 4.74 Å². The Bertz CT molecular complexity index is 1110. The van der Waals surface area contributed by atoms with Gasteiger partial charge in [-0.1, -0.05) is 29.5 Å². The molecular weight excluding hydrogens is 415 g/mol. The van der Waals surface area contributed by atoms with E-state index in [0.717, 1.165) is 16.8 Å². The summed E-state index contributed by atoms with van der Waals surface area (Å²) >= 11 is 0. The van der Waals surface area contributed by atoms with E-state index >= 15 is 0 Å². The number of nitrogens with one attached hydrogen (secondary N) is 2. The van der Waals surface area contributed by atoms with Crippen LogP contribution in [0.5, 0.6) is 5.75 Å². The molecule has 11 heteroatoms. The summed E-state index contributed by atoms with van der Waals surface area (Å²) in [5, 5.41) is 12.4. The fourth-order valence-electron chi connectivity index (χ4n) is 2.81. The Labute approximate surface area is 175 Å². The van der Waals surface area contributed by atoms with Crippen LogP contribution in [0.3, 0.4) is 0 Å². The molecule has 2 N–H and O–H groups in total. The number of hydrogen-bond donors (Lipinski definition) is 2. The molecule has 3 rings (SSSR count). The van der Waals surface area contributed by atoms with Gasteiger partial charge in [0.15, 0.2) is 5.69 Å². The lowest BCUT2D eigenvalue weighted by molar-refractivity contribution is -0.137. The minimum absolute atomic E-state index is 0.0330. The van der Waals surface area contributed by atoms with Crippen LogP contribution in [0.4, 0.5) is 24.5 Å². The second-order valence-electron chi connectivity index (χ2n) is 6.43. The topological polar surface area (TPSA) is 98.1 Å². The molecule has 1 aromatic heterocycles. The summed E-state index contributed by atoms with van der Waals surface area (Å²) in [4.78, 5) is 24.8. The molecule has 0 aliphatic rings. The van der Waals surface area contributed by atoms with Crippen LogP contribution in [0.15, 0.2) is 48.5 Å². The van der Waals surface area contributed by atoms with E-state index in [1.165, 1.54) is 26.2 Å². The number of amides is 2. The predicted molar refractivity (Wildman–Crippen MR) is 106 cm³/mol. The molecule has 162 valence electrons. The first-order chi connectivity index (χ1) is 14.7. The van der Waals surface area contributed by atoms with Crippen molar-refractivity contribution in [3.8, 4) is 5.75 Å². The van der Waals surface area contributed by atoms with Crippen LogP contribution < -0.4 is 15.4 Å². The molecule has 0 spiro atoms. The standard InChI is InChI=1S/C20H18F3N5O3/c1-12-18(19(30)25-15-9-5-6-10-16(15)31-2)26-27-28(12)11-17(29)24-14-8-4-3-7-13(14)20(21,22)23/h3-10H,11H2,1-2H3,(H,24,29)(H,25,30). The van der Waals surface area contributed by atoms with Gasteiger partial charge in [-0.25, -0.2) is 4.68 Å². The van der Waals surface area contributed by atoms with Gasteiger partial charge in [0, 0.05) is 0 Å². The Morgan fingerprint density at radius 1 is 1.03 bits per heavy atom. The first kappa shape index (κ1) is 21.8. The zero-order chi connectivity index (χ0) is 22.6. The quantitative estimate of drug-likeness (QED) is 0.620. The largest absolute Gasteiger partial charge is 0.495 e. The number of methoxy groups -OCH3 is 1. The Morgan fingerprint density at radius 2 is 1.68 bits per heavy atom. The predicted octanol–water partition coefficient (Wildman–Crippen LogP) is 3.50. The van der Waals surface area contributed by atoms with E-state index in [-0.39, 0.29) is 17.1 Å². The average molecular weight is 433 g/mol. The van der Waals surface area contributed by atoms with Gasteiger partial charge in [0.1, 0.15) is 12.3 Å². The monoisotopic (exact) mass is 433 g/mol. The van der Waals surface area contributed by atoms with Gasteiger partial charge in [-0.05, 0) is 31.2 Å². The summed E-state index contributed by atoms with van der Waals surface area (Å²) in [6.07, 6.45) is -4.61. The molecule has 0 radical (unpaired) electrons. The van der Waals surface area contributed by atoms with Crippen LogP contribution in [0.25, 0.3) is 0 Å². The smallest absolute Gasteiger partial charge is 0.418 e. The molecule has 0 atom stereocenters. The van der Waals surface area contributed by atoms with Gasteiger partial charge in [-0.2, -0.15) is 13.2 Å². The molecule has 2 amide bonds. The molecule has 0 saturated carbocycles. The number of ether oxygens (including phenoxy) is 1. The van der Waals surface area contributed by atoms with Crippen molar-refractivity contribution in [3.63, 3.8) is 0 Å². The van der Waals surface area contributed by atoms with Crippen molar-refractivity contribution in [2.75, 3.05) is 17.7 Å². The second-order valence-corrected chi connectivity index (χ2v) is 6.43. The van der Waals surface area contributed by atoms with Gasteiger partial charge in [0.05, 0.1) is 29.7 Å². The van der Waals surface area contributed by atoms with Gasteiger partial charge in [-0.3, -0.25) is 9.59 Å². The average Bonchev–Trinajstić information content (AvgIpc) is 3.08. The SMILES string of the molecule is COc1ccccc1NC(=O)c1nnn(CC(=O)Nc2ccccc2C(F)(F)F)c1C. The molecule has 0 aliphatic carbocycles. The number of para-hydroxylation sites is 3. The number of carbonyl (C=O) groups excluding carboxylic acids is 2. The summed E-state index contributed by atoms with van der Waals surface area (Å²) in [6, 6.07) is 11.4. The number of nitrogens with zero attached hydrogens (tertiary/aromatic N) is 3. The third-order valence-corrected chi connectivity index (χ3v) is 4.35. The molecular formula is C20H18F3N5O3. The van der Waals surface area contributed by atoms with E-state index in [1.807, 2.05) is 0 Å². The van der Waals surface area contributed by atoms with Crippen LogP contribution in [0.1, 0.15) is 21.7 Å². The van der Waals surface area contributed by atoms with Crippen molar-refractivity contribution in [2.45, 2.75) is 19.6 Å². The number of rotatable bonds is 6. The van der Waals surface area contributed by atoms with Crippen molar-refractivity contribution < 1.29 is 27.5 Å². The van der Waals surface area contributed by atoms with E-state index in [9.17, 15) is 22.8 Å². The van der Waals surface area contributed by atoms with E-state index in [0.29, 0.717) is 11.4 Å². The van der Waals surface area contributed by atoms with Crippen LogP contribution in [0, 0.1) is 6.92 Å². The highest BCUT2D eigenvalue weighted by Crippen LogP contribution is 2.34. The maximum absolute atomic E-state index is 13.1. The molecule has 31 heavy (non-hydrogen) atoms. The molecule has 8 nitrogen and oxygen atoms in total. The molecule has 0 saturated heterocycles. The molecule has 0 bridgehead atoms. The summed E-state index contributed by atoms with van der Waals surface area (Å²) in [5.41, 5.74) is -0.672.